The van der Waals surface area contributed by atoms with Crippen molar-refractivity contribution in [2.45, 2.75) is 39.0 Å². The van der Waals surface area contributed by atoms with Crippen LogP contribution in [0.2, 0.25) is 0 Å². The number of alkyl halides is 3. The van der Waals surface area contributed by atoms with E-state index >= 15 is 0 Å². The number of methoxy groups -OCH3 is 1. The molecule has 0 unspecified atom stereocenters. The van der Waals surface area contributed by atoms with Gasteiger partial charge in [0, 0.05) is 6.54 Å². The Balaban J connectivity index is 2.26. The Morgan fingerprint density at radius 3 is 2.52 bits per heavy atom. The lowest BCUT2D eigenvalue weighted by Gasteiger charge is -2.23. The van der Waals surface area contributed by atoms with Gasteiger partial charge in [-0.05, 0) is 38.5 Å². The van der Waals surface area contributed by atoms with Crippen LogP contribution in [0.3, 0.4) is 0 Å². The van der Waals surface area contributed by atoms with Crippen LogP contribution in [0, 0.1) is 0 Å². The highest BCUT2D eigenvalue weighted by Gasteiger charge is 2.42. The summed E-state index contributed by atoms with van der Waals surface area (Å²) >= 11 is 0. The van der Waals surface area contributed by atoms with Crippen LogP contribution in [0.5, 0.6) is 5.75 Å². The van der Waals surface area contributed by atoms with Crippen molar-refractivity contribution < 1.29 is 22.7 Å². The zero-order valence-corrected chi connectivity index (χ0v) is 14.4. The molecule has 0 aliphatic carbocycles. The third kappa shape index (κ3) is 4.32. The van der Waals surface area contributed by atoms with E-state index in [0.29, 0.717) is 11.3 Å². The molecule has 1 amide bonds. The van der Waals surface area contributed by atoms with Crippen LogP contribution in [0.25, 0.3) is 0 Å². The number of nitrogens with one attached hydrogen (secondary N) is 1. The number of aromatic nitrogens is 2. The summed E-state index contributed by atoms with van der Waals surface area (Å²) in [4.78, 5) is 12.3. The molecule has 0 saturated carbocycles. The fourth-order valence-corrected chi connectivity index (χ4v) is 2.36. The van der Waals surface area contributed by atoms with Crippen LogP contribution in [0.15, 0.2) is 30.5 Å². The van der Waals surface area contributed by atoms with Crippen LogP contribution in [0.1, 0.15) is 42.4 Å². The number of carbonyl (C=O) groups is 1. The van der Waals surface area contributed by atoms with Crippen LogP contribution in [-0.2, 0) is 18.3 Å². The summed E-state index contributed by atoms with van der Waals surface area (Å²) in [5.74, 6) is -0.228. The number of halogens is 3. The monoisotopic (exact) mass is 355 g/mol. The lowest BCUT2D eigenvalue weighted by molar-refractivity contribution is -0.146. The second-order valence-corrected chi connectivity index (χ2v) is 6.52. The number of benzene rings is 1. The largest absolute Gasteiger partial charge is 0.497 e. The molecule has 2 aromatic rings. The van der Waals surface area contributed by atoms with Gasteiger partial charge in [0.05, 0.1) is 24.4 Å². The zero-order valence-electron chi connectivity index (χ0n) is 14.4. The van der Waals surface area contributed by atoms with Gasteiger partial charge in [-0.15, -0.1) is 0 Å². The number of carbonyl (C=O) groups excluding carboxylic acids is 1. The first kappa shape index (κ1) is 18.8. The molecule has 25 heavy (non-hydrogen) atoms. The van der Waals surface area contributed by atoms with Crippen molar-refractivity contribution in [2.24, 2.45) is 0 Å². The van der Waals surface area contributed by atoms with Gasteiger partial charge in [0.2, 0.25) is 0 Å². The van der Waals surface area contributed by atoms with Gasteiger partial charge in [-0.1, -0.05) is 12.1 Å². The van der Waals surface area contributed by atoms with Crippen molar-refractivity contribution in [2.75, 3.05) is 7.11 Å². The summed E-state index contributed by atoms with van der Waals surface area (Å²) in [6, 6.07) is 6.91. The molecule has 0 atom stereocenters. The number of hydrogen-bond donors (Lipinski definition) is 1. The fraction of sp³-hybridized carbons (Fsp3) is 0.412. The molecule has 0 fully saturated rings. The molecule has 0 aliphatic heterocycles. The van der Waals surface area contributed by atoms with Crippen molar-refractivity contribution >= 4 is 5.91 Å². The number of amides is 1. The van der Waals surface area contributed by atoms with E-state index in [9.17, 15) is 18.0 Å². The highest BCUT2D eigenvalue weighted by atomic mass is 19.4. The average Bonchev–Trinajstić information content (AvgIpc) is 2.98. The molecule has 0 bridgehead atoms. The van der Waals surface area contributed by atoms with Gasteiger partial charge in [0.25, 0.3) is 5.91 Å². The molecule has 2 rings (SSSR count). The first-order valence-electron chi connectivity index (χ1n) is 7.61. The predicted molar refractivity (Wildman–Crippen MR) is 86.4 cm³/mol. The molecule has 1 aromatic carbocycles. The van der Waals surface area contributed by atoms with Gasteiger partial charge in [0.15, 0.2) is 5.69 Å². The number of nitrogens with zero attached hydrogens (tertiary/aromatic N) is 2. The highest BCUT2D eigenvalue weighted by Crippen LogP contribution is 2.34. The highest BCUT2D eigenvalue weighted by molar-refractivity contribution is 5.95. The van der Waals surface area contributed by atoms with Crippen molar-refractivity contribution in [3.63, 3.8) is 0 Å². The van der Waals surface area contributed by atoms with Crippen molar-refractivity contribution in [1.29, 1.82) is 0 Å². The van der Waals surface area contributed by atoms with Gasteiger partial charge >= 0.3 is 6.18 Å². The Morgan fingerprint density at radius 2 is 1.96 bits per heavy atom. The van der Waals surface area contributed by atoms with Crippen molar-refractivity contribution in [3.05, 3.63) is 47.3 Å². The number of rotatable bonds is 4. The molecular weight excluding hydrogens is 335 g/mol. The normalized spacial score (nSPS) is 12.1. The molecule has 5 nitrogen and oxygen atoms in total. The first-order chi connectivity index (χ1) is 11.5. The summed E-state index contributed by atoms with van der Waals surface area (Å²) in [5, 5.41) is 6.27. The summed E-state index contributed by atoms with van der Waals surface area (Å²) in [7, 11) is 1.51. The number of ether oxygens (including phenoxy) is 1. The fourth-order valence-electron chi connectivity index (χ4n) is 2.36. The van der Waals surface area contributed by atoms with Crippen LogP contribution in [0.4, 0.5) is 13.2 Å². The van der Waals surface area contributed by atoms with E-state index in [2.05, 4.69) is 10.4 Å². The molecule has 1 heterocycles. The Labute approximate surface area is 143 Å². The van der Waals surface area contributed by atoms with Crippen molar-refractivity contribution in [1.82, 2.24) is 15.1 Å². The van der Waals surface area contributed by atoms with E-state index in [4.69, 9.17) is 4.74 Å². The maximum atomic E-state index is 13.4. The van der Waals surface area contributed by atoms with Crippen LogP contribution < -0.4 is 10.1 Å². The maximum Gasteiger partial charge on any atom is 0.433 e. The average molecular weight is 355 g/mol. The SMILES string of the molecule is COc1cccc(CNC(=O)c2cnn(C(C)(C)C)c2C(F)(F)F)c1. The molecule has 1 N–H and O–H groups in total. The van der Waals surface area contributed by atoms with E-state index in [1.54, 1.807) is 45.0 Å². The second kappa shape index (κ2) is 6.78. The molecule has 0 aliphatic rings. The molecule has 0 spiro atoms. The Morgan fingerprint density at radius 1 is 1.28 bits per heavy atom. The maximum absolute atomic E-state index is 13.4. The van der Waals surface area contributed by atoms with E-state index in [1.807, 2.05) is 0 Å². The summed E-state index contributed by atoms with van der Waals surface area (Å²) in [6.07, 6.45) is -3.73. The minimum Gasteiger partial charge on any atom is -0.497 e. The van der Waals surface area contributed by atoms with Gasteiger partial charge in [-0.3, -0.25) is 9.48 Å². The van der Waals surface area contributed by atoms with Gasteiger partial charge in [-0.2, -0.15) is 18.3 Å². The quantitative estimate of drug-likeness (QED) is 0.912. The Kier molecular flexibility index (Phi) is 5.10. The van der Waals surface area contributed by atoms with E-state index in [0.717, 1.165) is 10.9 Å². The molecule has 0 radical (unpaired) electrons. The summed E-state index contributed by atoms with van der Waals surface area (Å²) in [5.41, 5.74) is -1.74. The molecule has 0 saturated heterocycles. The van der Waals surface area contributed by atoms with E-state index in [-0.39, 0.29) is 6.54 Å². The second-order valence-electron chi connectivity index (χ2n) is 6.52. The van der Waals surface area contributed by atoms with Crippen LogP contribution >= 0.6 is 0 Å². The summed E-state index contributed by atoms with van der Waals surface area (Å²) < 4.78 is 46.2. The lowest BCUT2D eigenvalue weighted by Crippen LogP contribution is -2.31. The van der Waals surface area contributed by atoms with Gasteiger partial charge in [0.1, 0.15) is 5.75 Å². The molecular formula is C17H20F3N3O2. The topological polar surface area (TPSA) is 56.1 Å². The van der Waals surface area contributed by atoms with Crippen LogP contribution in [-0.4, -0.2) is 22.8 Å². The van der Waals surface area contributed by atoms with Gasteiger partial charge in [-0.25, -0.2) is 0 Å². The van der Waals surface area contributed by atoms with E-state index < -0.39 is 28.9 Å². The third-order valence-corrected chi connectivity index (χ3v) is 3.50. The van der Waals surface area contributed by atoms with E-state index in [1.165, 1.54) is 7.11 Å². The van der Waals surface area contributed by atoms with Crippen molar-refractivity contribution in [3.8, 4) is 5.75 Å². The first-order valence-corrected chi connectivity index (χ1v) is 7.61. The number of hydrogen-bond acceptors (Lipinski definition) is 3. The standard InChI is InChI=1S/C17H20F3N3O2/c1-16(2,3)23-14(17(18,19)20)13(10-22-23)15(24)21-9-11-6-5-7-12(8-11)25-4/h5-8,10H,9H2,1-4H3,(H,21,24). The smallest absolute Gasteiger partial charge is 0.433 e. The lowest BCUT2D eigenvalue weighted by atomic mass is 10.1. The predicted octanol–water partition coefficient (Wildman–Crippen LogP) is 3.60. The molecule has 1 aromatic heterocycles. The minimum atomic E-state index is -4.69. The molecule has 8 heteroatoms. The Hall–Kier alpha value is -2.51. The Bertz CT molecular complexity index is 761. The summed E-state index contributed by atoms with van der Waals surface area (Å²) in [6.45, 7) is 4.85. The third-order valence-electron chi connectivity index (χ3n) is 3.50. The minimum absolute atomic E-state index is 0.0774. The van der Waals surface area contributed by atoms with Gasteiger partial charge < -0.3 is 10.1 Å². The molecule has 136 valence electrons. The zero-order chi connectivity index (χ0) is 18.8.